The number of halogens is 1. The van der Waals surface area contributed by atoms with Crippen LogP contribution in [0.2, 0.25) is 0 Å². The van der Waals surface area contributed by atoms with Crippen LogP contribution in [0, 0.1) is 0 Å². The Morgan fingerprint density at radius 3 is 1.96 bits per heavy atom. The molecular formula is C23H32ClNO. The van der Waals surface area contributed by atoms with Gasteiger partial charge in [-0.15, -0.1) is 12.4 Å². The largest absolute Gasteiger partial charge is 0.365 e. The second-order valence-corrected chi connectivity index (χ2v) is 8.30. The van der Waals surface area contributed by atoms with Crippen LogP contribution in [-0.4, -0.2) is 31.1 Å². The molecule has 2 nitrogen and oxygen atoms in total. The summed E-state index contributed by atoms with van der Waals surface area (Å²) in [7, 11) is 2.19. The molecular weight excluding hydrogens is 342 g/mol. The number of benzene rings is 2. The third-order valence-electron chi connectivity index (χ3n) is 5.18. The SMILES string of the molecule is CN1CCC(OC(c2ccccc2)c2ccc(C(C)(C)C)cc2)CC1.Cl. The van der Waals surface area contributed by atoms with E-state index in [9.17, 15) is 0 Å². The molecule has 1 fully saturated rings. The monoisotopic (exact) mass is 373 g/mol. The van der Waals surface area contributed by atoms with E-state index in [2.05, 4.69) is 87.3 Å². The van der Waals surface area contributed by atoms with Gasteiger partial charge < -0.3 is 9.64 Å². The van der Waals surface area contributed by atoms with E-state index in [4.69, 9.17) is 4.74 Å². The number of likely N-dealkylation sites (tertiary alicyclic amines) is 1. The zero-order chi connectivity index (χ0) is 17.9. The predicted molar refractivity (Wildman–Crippen MR) is 112 cm³/mol. The highest BCUT2D eigenvalue weighted by molar-refractivity contribution is 5.85. The van der Waals surface area contributed by atoms with Crippen molar-refractivity contribution < 1.29 is 4.74 Å². The Bertz CT molecular complexity index is 655. The fraction of sp³-hybridized carbons (Fsp3) is 0.478. The Kier molecular flexibility index (Phi) is 7.28. The van der Waals surface area contributed by atoms with Gasteiger partial charge in [-0.1, -0.05) is 75.4 Å². The van der Waals surface area contributed by atoms with Crippen molar-refractivity contribution in [2.45, 2.75) is 51.2 Å². The van der Waals surface area contributed by atoms with Crippen LogP contribution < -0.4 is 0 Å². The molecule has 1 heterocycles. The first-order chi connectivity index (χ1) is 11.9. The number of hydrogen-bond donors (Lipinski definition) is 0. The molecule has 0 aliphatic carbocycles. The van der Waals surface area contributed by atoms with Gasteiger partial charge in [0, 0.05) is 13.1 Å². The van der Waals surface area contributed by atoms with Gasteiger partial charge in [0.25, 0.3) is 0 Å². The second-order valence-electron chi connectivity index (χ2n) is 8.30. The van der Waals surface area contributed by atoms with Gasteiger partial charge >= 0.3 is 0 Å². The highest BCUT2D eigenvalue weighted by Crippen LogP contribution is 2.31. The Morgan fingerprint density at radius 1 is 0.885 bits per heavy atom. The minimum atomic E-state index is 0. The van der Waals surface area contributed by atoms with E-state index in [0.29, 0.717) is 6.10 Å². The first-order valence-electron chi connectivity index (χ1n) is 9.43. The summed E-state index contributed by atoms with van der Waals surface area (Å²) in [6.45, 7) is 9.01. The summed E-state index contributed by atoms with van der Waals surface area (Å²) in [5, 5.41) is 0. The predicted octanol–water partition coefficient (Wildman–Crippen LogP) is 5.61. The van der Waals surface area contributed by atoms with E-state index in [-0.39, 0.29) is 23.9 Å². The van der Waals surface area contributed by atoms with Gasteiger partial charge in [0.1, 0.15) is 6.10 Å². The molecule has 0 bridgehead atoms. The average Bonchev–Trinajstić information content (AvgIpc) is 2.61. The maximum atomic E-state index is 6.61. The van der Waals surface area contributed by atoms with Gasteiger partial charge in [-0.3, -0.25) is 0 Å². The summed E-state index contributed by atoms with van der Waals surface area (Å²) in [5.41, 5.74) is 4.03. The van der Waals surface area contributed by atoms with Crippen molar-refractivity contribution in [1.29, 1.82) is 0 Å². The van der Waals surface area contributed by atoms with Gasteiger partial charge in [0.15, 0.2) is 0 Å². The number of nitrogens with zero attached hydrogens (tertiary/aromatic N) is 1. The van der Waals surface area contributed by atoms with Crippen molar-refractivity contribution in [2.75, 3.05) is 20.1 Å². The second kappa shape index (κ2) is 9.03. The first-order valence-corrected chi connectivity index (χ1v) is 9.43. The van der Waals surface area contributed by atoms with Crippen LogP contribution in [0.4, 0.5) is 0 Å². The van der Waals surface area contributed by atoms with Gasteiger partial charge in [0.2, 0.25) is 0 Å². The fourth-order valence-corrected chi connectivity index (χ4v) is 3.45. The van der Waals surface area contributed by atoms with Crippen molar-refractivity contribution in [3.05, 3.63) is 71.3 Å². The molecule has 2 aromatic rings. The lowest BCUT2D eigenvalue weighted by atomic mass is 9.86. The molecule has 1 saturated heterocycles. The van der Waals surface area contributed by atoms with E-state index >= 15 is 0 Å². The normalized spacial score (nSPS) is 17.5. The van der Waals surface area contributed by atoms with Crippen molar-refractivity contribution in [3.8, 4) is 0 Å². The first kappa shape index (κ1) is 21.0. The molecule has 0 N–H and O–H groups in total. The molecule has 2 aromatic carbocycles. The van der Waals surface area contributed by atoms with E-state index in [1.807, 2.05) is 0 Å². The maximum Gasteiger partial charge on any atom is 0.108 e. The molecule has 0 radical (unpaired) electrons. The fourth-order valence-electron chi connectivity index (χ4n) is 3.45. The Balaban J connectivity index is 0.00000243. The van der Waals surface area contributed by atoms with Gasteiger partial charge in [-0.05, 0) is 42.0 Å². The molecule has 1 aliphatic heterocycles. The van der Waals surface area contributed by atoms with E-state index in [1.54, 1.807) is 0 Å². The van der Waals surface area contributed by atoms with Crippen molar-refractivity contribution in [1.82, 2.24) is 4.90 Å². The Hall–Kier alpha value is -1.35. The molecule has 0 aromatic heterocycles. The van der Waals surface area contributed by atoms with Crippen LogP contribution in [0.15, 0.2) is 54.6 Å². The number of piperidine rings is 1. The van der Waals surface area contributed by atoms with Crippen LogP contribution in [0.25, 0.3) is 0 Å². The molecule has 0 spiro atoms. The molecule has 3 heteroatoms. The third-order valence-corrected chi connectivity index (χ3v) is 5.18. The third kappa shape index (κ3) is 5.33. The summed E-state index contributed by atoms with van der Waals surface area (Å²) in [4.78, 5) is 2.38. The standard InChI is InChI=1S/C23H31NO.ClH/c1-23(2,3)20-12-10-19(11-13-20)22(18-8-6-5-7-9-18)25-21-14-16-24(4)17-15-21;/h5-13,21-22H,14-17H2,1-4H3;1H. The zero-order valence-corrected chi connectivity index (χ0v) is 17.3. The van der Waals surface area contributed by atoms with Gasteiger partial charge in [-0.25, -0.2) is 0 Å². The summed E-state index contributed by atoms with van der Waals surface area (Å²) in [5.74, 6) is 0. The minimum absolute atomic E-state index is 0. The van der Waals surface area contributed by atoms with E-state index in [1.165, 1.54) is 16.7 Å². The van der Waals surface area contributed by atoms with Crippen molar-refractivity contribution in [3.63, 3.8) is 0 Å². The number of ether oxygens (including phenoxy) is 1. The summed E-state index contributed by atoms with van der Waals surface area (Å²) in [6.07, 6.45) is 2.58. The van der Waals surface area contributed by atoms with Crippen LogP contribution in [-0.2, 0) is 10.2 Å². The lowest BCUT2D eigenvalue weighted by Gasteiger charge is -2.32. The van der Waals surface area contributed by atoms with Crippen LogP contribution in [0.3, 0.4) is 0 Å². The highest BCUT2D eigenvalue weighted by atomic mass is 35.5. The maximum absolute atomic E-state index is 6.61. The van der Waals surface area contributed by atoms with Crippen LogP contribution in [0.5, 0.6) is 0 Å². The Morgan fingerprint density at radius 2 is 1.42 bits per heavy atom. The highest BCUT2D eigenvalue weighted by Gasteiger charge is 2.24. The van der Waals surface area contributed by atoms with Gasteiger partial charge in [-0.2, -0.15) is 0 Å². The molecule has 0 amide bonds. The average molecular weight is 374 g/mol. The number of rotatable bonds is 4. The van der Waals surface area contributed by atoms with Crippen molar-refractivity contribution in [2.24, 2.45) is 0 Å². The minimum Gasteiger partial charge on any atom is -0.365 e. The summed E-state index contributed by atoms with van der Waals surface area (Å²) in [6, 6.07) is 19.6. The van der Waals surface area contributed by atoms with Gasteiger partial charge in [0.05, 0.1) is 6.10 Å². The quantitative estimate of drug-likeness (QED) is 0.691. The van der Waals surface area contributed by atoms with E-state index in [0.717, 1.165) is 25.9 Å². The van der Waals surface area contributed by atoms with Crippen LogP contribution >= 0.6 is 12.4 Å². The van der Waals surface area contributed by atoms with Crippen LogP contribution in [0.1, 0.15) is 56.4 Å². The molecule has 0 saturated carbocycles. The molecule has 1 atom stereocenters. The molecule has 1 unspecified atom stereocenters. The van der Waals surface area contributed by atoms with E-state index < -0.39 is 0 Å². The summed E-state index contributed by atoms with van der Waals surface area (Å²) < 4.78 is 6.61. The smallest absolute Gasteiger partial charge is 0.108 e. The molecule has 1 aliphatic rings. The molecule has 26 heavy (non-hydrogen) atoms. The Labute approximate surface area is 165 Å². The topological polar surface area (TPSA) is 12.5 Å². The van der Waals surface area contributed by atoms with Crippen molar-refractivity contribution >= 4 is 12.4 Å². The zero-order valence-electron chi connectivity index (χ0n) is 16.4. The summed E-state index contributed by atoms with van der Waals surface area (Å²) >= 11 is 0. The number of hydrogen-bond acceptors (Lipinski definition) is 2. The molecule has 3 rings (SSSR count). The molecule has 142 valence electrons. The lowest BCUT2D eigenvalue weighted by molar-refractivity contribution is -0.0234. The lowest BCUT2D eigenvalue weighted by Crippen LogP contribution is -2.35.